The number of amides is 3. The van der Waals surface area contributed by atoms with Crippen LogP contribution in [0.4, 0.5) is 10.5 Å². The number of benzene rings is 2. The van der Waals surface area contributed by atoms with Gasteiger partial charge >= 0.3 is 12.0 Å². The van der Waals surface area contributed by atoms with Crippen molar-refractivity contribution < 1.29 is 28.6 Å². The average molecular weight is 456 g/mol. The molecular weight excluding hydrogens is 426 g/mol. The Morgan fingerprint density at radius 1 is 0.879 bits per heavy atom. The molecule has 3 amide bonds. The van der Waals surface area contributed by atoms with Crippen molar-refractivity contribution >= 4 is 23.6 Å². The molecule has 0 radical (unpaired) electrons. The van der Waals surface area contributed by atoms with E-state index in [4.69, 9.17) is 14.2 Å². The molecule has 1 heterocycles. The SMILES string of the molecule is COc1ccc(CCC(=O)OCC(=O)N2CCN(C(=O)Nc3ccccc3)CC2)cc1OC. The van der Waals surface area contributed by atoms with Crippen LogP contribution in [-0.2, 0) is 20.7 Å². The van der Waals surface area contributed by atoms with Crippen LogP contribution in [0.2, 0.25) is 0 Å². The normalized spacial score (nSPS) is 13.3. The molecule has 176 valence electrons. The molecule has 0 unspecified atom stereocenters. The number of nitrogens with one attached hydrogen (secondary N) is 1. The van der Waals surface area contributed by atoms with Gasteiger partial charge in [0.25, 0.3) is 5.91 Å². The lowest BCUT2D eigenvalue weighted by Gasteiger charge is -2.34. The Morgan fingerprint density at radius 3 is 2.21 bits per heavy atom. The van der Waals surface area contributed by atoms with Crippen LogP contribution in [0.3, 0.4) is 0 Å². The van der Waals surface area contributed by atoms with Crippen LogP contribution in [-0.4, -0.2) is 74.7 Å². The standard InChI is InChI=1S/C24H29N3O6/c1-31-20-10-8-18(16-21(20)32-2)9-11-23(29)33-17-22(28)26-12-14-27(15-13-26)24(30)25-19-6-4-3-5-7-19/h3-8,10,16H,9,11-15,17H2,1-2H3,(H,25,30). The maximum atomic E-state index is 12.4. The number of para-hydroxylation sites is 1. The fraction of sp³-hybridized carbons (Fsp3) is 0.375. The molecule has 1 fully saturated rings. The Morgan fingerprint density at radius 2 is 1.55 bits per heavy atom. The molecule has 0 aliphatic carbocycles. The Bertz CT molecular complexity index is 958. The fourth-order valence-electron chi connectivity index (χ4n) is 3.47. The van der Waals surface area contributed by atoms with Gasteiger partial charge in [0, 0.05) is 38.3 Å². The minimum atomic E-state index is -0.445. The third kappa shape index (κ3) is 6.86. The molecule has 0 atom stereocenters. The van der Waals surface area contributed by atoms with Gasteiger partial charge in [0.15, 0.2) is 18.1 Å². The van der Waals surface area contributed by atoms with Crippen LogP contribution in [0, 0.1) is 0 Å². The molecule has 9 nitrogen and oxygen atoms in total. The number of anilines is 1. The van der Waals surface area contributed by atoms with E-state index in [0.29, 0.717) is 44.1 Å². The maximum Gasteiger partial charge on any atom is 0.321 e. The zero-order valence-electron chi connectivity index (χ0n) is 18.9. The van der Waals surface area contributed by atoms with Crippen LogP contribution < -0.4 is 14.8 Å². The summed E-state index contributed by atoms with van der Waals surface area (Å²) in [7, 11) is 3.11. The summed E-state index contributed by atoms with van der Waals surface area (Å²) in [5.74, 6) is 0.499. The van der Waals surface area contributed by atoms with Crippen LogP contribution in [0.15, 0.2) is 48.5 Å². The summed E-state index contributed by atoms with van der Waals surface area (Å²) < 4.78 is 15.6. The number of rotatable bonds is 8. The van der Waals surface area contributed by atoms with Crippen LogP contribution >= 0.6 is 0 Å². The van der Waals surface area contributed by atoms with Crippen molar-refractivity contribution in [2.24, 2.45) is 0 Å². The van der Waals surface area contributed by atoms with Gasteiger partial charge in [-0.2, -0.15) is 0 Å². The Hall–Kier alpha value is -3.75. The predicted molar refractivity (Wildman–Crippen MR) is 122 cm³/mol. The molecule has 9 heteroatoms. The number of hydrogen-bond donors (Lipinski definition) is 1. The Balaban J connectivity index is 1.37. The highest BCUT2D eigenvalue weighted by Gasteiger charge is 2.24. The largest absolute Gasteiger partial charge is 0.493 e. The zero-order chi connectivity index (χ0) is 23.6. The maximum absolute atomic E-state index is 12.4. The molecule has 0 bridgehead atoms. The monoisotopic (exact) mass is 455 g/mol. The second kappa shape index (κ2) is 11.8. The molecule has 1 aliphatic rings. The minimum Gasteiger partial charge on any atom is -0.493 e. The third-order valence-electron chi connectivity index (χ3n) is 5.37. The predicted octanol–water partition coefficient (Wildman–Crippen LogP) is 2.56. The highest BCUT2D eigenvalue weighted by Crippen LogP contribution is 2.28. The molecular formula is C24H29N3O6. The van der Waals surface area contributed by atoms with Crippen LogP contribution in [0.25, 0.3) is 0 Å². The highest BCUT2D eigenvalue weighted by molar-refractivity contribution is 5.89. The van der Waals surface area contributed by atoms with Crippen LogP contribution in [0.5, 0.6) is 11.5 Å². The van der Waals surface area contributed by atoms with Gasteiger partial charge in [-0.15, -0.1) is 0 Å². The zero-order valence-corrected chi connectivity index (χ0v) is 18.9. The Labute approximate surface area is 193 Å². The first-order valence-electron chi connectivity index (χ1n) is 10.8. The molecule has 0 spiro atoms. The number of nitrogens with zero attached hydrogens (tertiary/aromatic N) is 2. The molecule has 2 aromatic carbocycles. The van der Waals surface area contributed by atoms with E-state index in [1.165, 1.54) is 0 Å². The van der Waals surface area contributed by atoms with Gasteiger partial charge in [-0.25, -0.2) is 4.79 Å². The van der Waals surface area contributed by atoms with E-state index in [1.807, 2.05) is 42.5 Å². The quantitative estimate of drug-likeness (QED) is 0.615. The lowest BCUT2D eigenvalue weighted by atomic mass is 10.1. The molecule has 1 aliphatic heterocycles. The van der Waals surface area contributed by atoms with Crippen molar-refractivity contribution in [1.82, 2.24) is 9.80 Å². The van der Waals surface area contributed by atoms with E-state index in [-0.39, 0.29) is 25.0 Å². The molecule has 0 saturated carbocycles. The molecule has 1 N–H and O–H groups in total. The molecule has 2 aromatic rings. The van der Waals surface area contributed by atoms with Gasteiger partial charge in [0.05, 0.1) is 14.2 Å². The number of urea groups is 1. The van der Waals surface area contributed by atoms with Crippen molar-refractivity contribution in [1.29, 1.82) is 0 Å². The van der Waals surface area contributed by atoms with E-state index < -0.39 is 5.97 Å². The van der Waals surface area contributed by atoms with Gasteiger partial charge in [-0.3, -0.25) is 9.59 Å². The third-order valence-corrected chi connectivity index (χ3v) is 5.37. The first-order chi connectivity index (χ1) is 16.0. The summed E-state index contributed by atoms with van der Waals surface area (Å²) in [5.41, 5.74) is 1.63. The lowest BCUT2D eigenvalue weighted by molar-refractivity contribution is -0.152. The number of hydrogen-bond acceptors (Lipinski definition) is 6. The number of esters is 1. The van der Waals surface area contributed by atoms with Crippen LogP contribution in [0.1, 0.15) is 12.0 Å². The van der Waals surface area contributed by atoms with E-state index in [2.05, 4.69) is 5.32 Å². The van der Waals surface area contributed by atoms with Crippen molar-refractivity contribution in [2.45, 2.75) is 12.8 Å². The van der Waals surface area contributed by atoms with Gasteiger partial charge in [0.1, 0.15) is 0 Å². The minimum absolute atomic E-state index is 0.149. The Kier molecular flexibility index (Phi) is 8.51. The number of carbonyl (C=O) groups is 3. The van der Waals surface area contributed by atoms with Crippen molar-refractivity contribution in [3.63, 3.8) is 0 Å². The molecule has 1 saturated heterocycles. The summed E-state index contributed by atoms with van der Waals surface area (Å²) >= 11 is 0. The van der Waals surface area contributed by atoms with Gasteiger partial charge in [0.2, 0.25) is 0 Å². The van der Waals surface area contributed by atoms with Crippen molar-refractivity contribution in [2.75, 3.05) is 52.3 Å². The number of methoxy groups -OCH3 is 2. The van der Waals surface area contributed by atoms with E-state index >= 15 is 0 Å². The number of ether oxygens (including phenoxy) is 3. The summed E-state index contributed by atoms with van der Waals surface area (Å²) in [4.78, 5) is 40.1. The summed E-state index contributed by atoms with van der Waals surface area (Å²) in [5, 5.41) is 2.84. The average Bonchev–Trinajstić information content (AvgIpc) is 2.86. The second-order valence-electron chi connectivity index (χ2n) is 7.51. The second-order valence-corrected chi connectivity index (χ2v) is 7.51. The topological polar surface area (TPSA) is 97.4 Å². The highest BCUT2D eigenvalue weighted by atomic mass is 16.5. The van der Waals surface area contributed by atoms with Gasteiger partial charge in [-0.1, -0.05) is 24.3 Å². The van der Waals surface area contributed by atoms with Gasteiger partial charge < -0.3 is 29.3 Å². The molecule has 33 heavy (non-hydrogen) atoms. The van der Waals surface area contributed by atoms with E-state index in [9.17, 15) is 14.4 Å². The van der Waals surface area contributed by atoms with Crippen molar-refractivity contribution in [3.8, 4) is 11.5 Å². The first-order valence-corrected chi connectivity index (χ1v) is 10.8. The number of carbonyl (C=O) groups excluding carboxylic acids is 3. The summed E-state index contributed by atoms with van der Waals surface area (Å²) in [6.07, 6.45) is 0.610. The molecule has 0 aromatic heterocycles. The summed E-state index contributed by atoms with van der Waals surface area (Å²) in [6, 6.07) is 14.5. The van der Waals surface area contributed by atoms with E-state index in [0.717, 1.165) is 11.3 Å². The number of piperazine rings is 1. The lowest BCUT2D eigenvalue weighted by Crippen LogP contribution is -2.52. The molecule has 3 rings (SSSR count). The number of aryl methyl sites for hydroxylation is 1. The summed E-state index contributed by atoms with van der Waals surface area (Å²) in [6.45, 7) is 1.31. The first kappa shape index (κ1) is 23.9. The fourth-order valence-corrected chi connectivity index (χ4v) is 3.47. The van der Waals surface area contributed by atoms with Gasteiger partial charge in [-0.05, 0) is 36.2 Å². The van der Waals surface area contributed by atoms with E-state index in [1.54, 1.807) is 30.1 Å². The van der Waals surface area contributed by atoms with Crippen molar-refractivity contribution in [3.05, 3.63) is 54.1 Å². The smallest absolute Gasteiger partial charge is 0.321 e.